The number of halogens is 1. The maximum Gasteiger partial charge on any atom is 0.407 e. The van der Waals surface area contributed by atoms with Crippen LogP contribution in [0.1, 0.15) is 31.9 Å². The highest BCUT2D eigenvalue weighted by atomic mass is 79.9. The summed E-state index contributed by atoms with van der Waals surface area (Å²) in [5.74, 6) is 0. The zero-order valence-corrected chi connectivity index (χ0v) is 15.3. The maximum absolute atomic E-state index is 11.8. The van der Waals surface area contributed by atoms with Crippen LogP contribution in [0.15, 0.2) is 48.5 Å². The Hall–Kier alpha value is -1.81. The molecule has 122 valence electrons. The van der Waals surface area contributed by atoms with Gasteiger partial charge in [-0.15, -0.1) is 0 Å². The van der Waals surface area contributed by atoms with E-state index in [9.17, 15) is 4.79 Å². The van der Waals surface area contributed by atoms with E-state index in [1.54, 1.807) is 0 Å². The van der Waals surface area contributed by atoms with E-state index in [0.29, 0.717) is 6.54 Å². The number of alkyl carbamates (subject to hydrolysis) is 1. The molecule has 0 radical (unpaired) electrons. The zero-order valence-electron chi connectivity index (χ0n) is 13.7. The number of benzene rings is 2. The quantitative estimate of drug-likeness (QED) is 0.738. The second kappa shape index (κ2) is 7.64. The second-order valence-electron chi connectivity index (χ2n) is 6.34. The van der Waals surface area contributed by atoms with Gasteiger partial charge in [0, 0.05) is 11.9 Å². The first-order valence-corrected chi connectivity index (χ1v) is 8.71. The van der Waals surface area contributed by atoms with Crippen molar-refractivity contribution in [1.29, 1.82) is 0 Å². The highest BCUT2D eigenvalue weighted by Gasteiger charge is 2.16. The van der Waals surface area contributed by atoms with Gasteiger partial charge in [-0.05, 0) is 49.1 Å². The molecule has 0 bridgehead atoms. The molecule has 0 aliphatic rings. The first-order valence-electron chi connectivity index (χ1n) is 7.59. The molecule has 0 spiro atoms. The molecular weight excluding hydrogens is 354 g/mol. The monoisotopic (exact) mass is 375 g/mol. The number of hydrogen-bond acceptors (Lipinski definition) is 2. The molecule has 0 heterocycles. The molecule has 0 aliphatic carbocycles. The smallest absolute Gasteiger partial charge is 0.407 e. The molecular formula is C19H22BrNO2. The van der Waals surface area contributed by atoms with Gasteiger partial charge in [0.05, 0.1) is 0 Å². The fourth-order valence-corrected chi connectivity index (χ4v) is 2.76. The molecule has 0 saturated heterocycles. The molecule has 1 N–H and O–H groups in total. The predicted octanol–water partition coefficient (Wildman–Crippen LogP) is 5.27. The van der Waals surface area contributed by atoms with E-state index in [1.807, 2.05) is 39.0 Å². The summed E-state index contributed by atoms with van der Waals surface area (Å²) in [4.78, 5) is 11.8. The summed E-state index contributed by atoms with van der Waals surface area (Å²) in [5.41, 5.74) is 4.03. The largest absolute Gasteiger partial charge is 0.444 e. The first-order chi connectivity index (χ1) is 10.9. The van der Waals surface area contributed by atoms with Crippen molar-refractivity contribution in [3.05, 3.63) is 59.7 Å². The Morgan fingerprint density at radius 2 is 1.74 bits per heavy atom. The van der Waals surface area contributed by atoms with Crippen LogP contribution in [0.2, 0.25) is 0 Å². The minimum Gasteiger partial charge on any atom is -0.444 e. The van der Waals surface area contributed by atoms with Crippen molar-refractivity contribution in [1.82, 2.24) is 5.32 Å². The van der Waals surface area contributed by atoms with Crippen molar-refractivity contribution in [3.63, 3.8) is 0 Å². The van der Waals surface area contributed by atoms with Gasteiger partial charge in [-0.2, -0.15) is 0 Å². The first kappa shape index (κ1) is 17.5. The van der Waals surface area contributed by atoms with Gasteiger partial charge in [0.2, 0.25) is 0 Å². The van der Waals surface area contributed by atoms with Crippen LogP contribution in [0.25, 0.3) is 11.1 Å². The summed E-state index contributed by atoms with van der Waals surface area (Å²) >= 11 is 3.50. The molecule has 1 amide bonds. The molecule has 0 aromatic heterocycles. The number of rotatable bonds is 4. The van der Waals surface area contributed by atoms with E-state index >= 15 is 0 Å². The van der Waals surface area contributed by atoms with Crippen LogP contribution < -0.4 is 5.32 Å². The van der Waals surface area contributed by atoms with E-state index in [-0.39, 0.29) is 0 Å². The van der Waals surface area contributed by atoms with Crippen molar-refractivity contribution in [3.8, 4) is 11.1 Å². The second-order valence-corrected chi connectivity index (χ2v) is 6.90. The third-order valence-corrected chi connectivity index (χ3v) is 3.88. The van der Waals surface area contributed by atoms with Gasteiger partial charge in [0.1, 0.15) is 5.60 Å². The van der Waals surface area contributed by atoms with Crippen molar-refractivity contribution in [2.24, 2.45) is 0 Å². The average molecular weight is 376 g/mol. The minimum absolute atomic E-state index is 0.400. The molecule has 0 aliphatic heterocycles. The minimum atomic E-state index is -0.492. The highest BCUT2D eigenvalue weighted by molar-refractivity contribution is 9.08. The Morgan fingerprint density at radius 1 is 1.04 bits per heavy atom. The van der Waals surface area contributed by atoms with Crippen molar-refractivity contribution in [2.45, 2.75) is 38.2 Å². The molecule has 0 unspecified atom stereocenters. The number of alkyl halides is 1. The normalized spacial score (nSPS) is 11.1. The van der Waals surface area contributed by atoms with Gasteiger partial charge < -0.3 is 10.1 Å². The lowest BCUT2D eigenvalue weighted by Gasteiger charge is -2.20. The third kappa shape index (κ3) is 5.39. The Balaban J connectivity index is 2.15. The van der Waals surface area contributed by atoms with E-state index in [1.165, 1.54) is 0 Å². The summed E-state index contributed by atoms with van der Waals surface area (Å²) in [5, 5.41) is 3.57. The highest BCUT2D eigenvalue weighted by Crippen LogP contribution is 2.24. The molecule has 0 atom stereocenters. The number of carbonyl (C=O) groups is 1. The average Bonchev–Trinajstić information content (AvgIpc) is 2.52. The van der Waals surface area contributed by atoms with Crippen molar-refractivity contribution < 1.29 is 9.53 Å². The Morgan fingerprint density at radius 3 is 2.35 bits per heavy atom. The number of ether oxygens (including phenoxy) is 1. The summed E-state index contributed by atoms with van der Waals surface area (Å²) in [6.07, 6.45) is -0.400. The van der Waals surface area contributed by atoms with Crippen LogP contribution in [-0.2, 0) is 16.6 Å². The van der Waals surface area contributed by atoms with Crippen LogP contribution in [0.3, 0.4) is 0 Å². The predicted molar refractivity (Wildman–Crippen MR) is 97.6 cm³/mol. The Bertz CT molecular complexity index is 663. The van der Waals surface area contributed by atoms with Crippen LogP contribution >= 0.6 is 15.9 Å². The van der Waals surface area contributed by atoms with E-state index in [0.717, 1.165) is 27.6 Å². The molecule has 2 aromatic rings. The SMILES string of the molecule is CC(C)(C)OC(=O)NCc1cc(-c2ccccc2)ccc1CBr. The lowest BCUT2D eigenvalue weighted by atomic mass is 10.00. The summed E-state index contributed by atoms with van der Waals surface area (Å²) < 4.78 is 5.29. The van der Waals surface area contributed by atoms with E-state index < -0.39 is 11.7 Å². The molecule has 2 aromatic carbocycles. The summed E-state index contributed by atoms with van der Waals surface area (Å²) in [6, 6.07) is 16.5. The van der Waals surface area contributed by atoms with Crippen molar-refractivity contribution in [2.75, 3.05) is 0 Å². The molecule has 2 rings (SSSR count). The Labute approximate surface area is 146 Å². The maximum atomic E-state index is 11.8. The van der Waals surface area contributed by atoms with Gasteiger partial charge in [-0.3, -0.25) is 0 Å². The summed E-state index contributed by atoms with van der Waals surface area (Å²) in [6.45, 7) is 6.00. The standard InChI is InChI=1S/C19H22BrNO2/c1-19(2,3)23-18(22)21-13-17-11-15(9-10-16(17)12-20)14-7-5-4-6-8-14/h4-11H,12-13H2,1-3H3,(H,21,22). The lowest BCUT2D eigenvalue weighted by Crippen LogP contribution is -2.32. The van der Waals surface area contributed by atoms with E-state index in [2.05, 4.69) is 51.6 Å². The zero-order chi connectivity index (χ0) is 16.9. The van der Waals surface area contributed by atoms with E-state index in [4.69, 9.17) is 4.74 Å². The molecule has 0 saturated carbocycles. The van der Waals surface area contributed by atoms with Crippen LogP contribution in [0.4, 0.5) is 4.79 Å². The van der Waals surface area contributed by atoms with Crippen LogP contribution in [0.5, 0.6) is 0 Å². The van der Waals surface area contributed by atoms with Crippen LogP contribution in [-0.4, -0.2) is 11.7 Å². The molecule has 3 nitrogen and oxygen atoms in total. The number of nitrogens with one attached hydrogen (secondary N) is 1. The van der Waals surface area contributed by atoms with Gasteiger partial charge in [0.25, 0.3) is 0 Å². The van der Waals surface area contributed by atoms with Gasteiger partial charge in [0.15, 0.2) is 0 Å². The third-order valence-electron chi connectivity index (χ3n) is 3.28. The van der Waals surface area contributed by atoms with Gasteiger partial charge in [-0.25, -0.2) is 4.79 Å². The Kier molecular flexibility index (Phi) is 5.83. The topological polar surface area (TPSA) is 38.3 Å². The van der Waals surface area contributed by atoms with Crippen molar-refractivity contribution >= 4 is 22.0 Å². The fraction of sp³-hybridized carbons (Fsp3) is 0.316. The molecule has 23 heavy (non-hydrogen) atoms. The number of amides is 1. The fourth-order valence-electron chi connectivity index (χ4n) is 2.21. The van der Waals surface area contributed by atoms with Gasteiger partial charge in [-0.1, -0.05) is 58.4 Å². The molecule has 0 fully saturated rings. The number of hydrogen-bond donors (Lipinski definition) is 1. The molecule has 4 heteroatoms. The lowest BCUT2D eigenvalue weighted by molar-refractivity contribution is 0.0523. The van der Waals surface area contributed by atoms with Crippen LogP contribution in [0, 0.1) is 0 Å². The van der Waals surface area contributed by atoms with Gasteiger partial charge >= 0.3 is 6.09 Å². The number of carbonyl (C=O) groups excluding carboxylic acids is 1. The summed E-state index contributed by atoms with van der Waals surface area (Å²) in [7, 11) is 0.